The van der Waals surface area contributed by atoms with Crippen molar-refractivity contribution >= 4 is 35.0 Å². The van der Waals surface area contributed by atoms with E-state index in [0.717, 1.165) is 21.8 Å². The number of nitrogens with zero attached hydrogens (tertiary/aromatic N) is 3. The summed E-state index contributed by atoms with van der Waals surface area (Å²) in [6.45, 7) is 2.36. The maximum Gasteiger partial charge on any atom is 0.229 e. The average Bonchev–Trinajstić information content (AvgIpc) is 2.80. The first kappa shape index (κ1) is 21.4. The Bertz CT molecular complexity index is 1110. The van der Waals surface area contributed by atoms with Crippen molar-refractivity contribution in [1.29, 1.82) is 5.26 Å². The molecule has 0 bridgehead atoms. The number of halogens is 1. The van der Waals surface area contributed by atoms with Crippen LogP contribution in [0.15, 0.2) is 47.0 Å². The minimum Gasteiger partial charge on any atom is -0.497 e. The predicted molar refractivity (Wildman–Crippen MR) is 122 cm³/mol. The van der Waals surface area contributed by atoms with Gasteiger partial charge in [-0.05, 0) is 30.7 Å². The Morgan fingerprint density at radius 2 is 2.03 bits per heavy atom. The molecule has 1 amide bonds. The van der Waals surface area contributed by atoms with Gasteiger partial charge in [0, 0.05) is 34.7 Å². The zero-order chi connectivity index (χ0) is 22.1. The second kappa shape index (κ2) is 8.74. The maximum absolute atomic E-state index is 13.2. The van der Waals surface area contributed by atoms with Gasteiger partial charge >= 0.3 is 0 Å². The first-order chi connectivity index (χ1) is 15.0. The number of amides is 1. The lowest BCUT2D eigenvalue weighted by Crippen LogP contribution is -2.47. The summed E-state index contributed by atoms with van der Waals surface area (Å²) < 4.78 is 10.8. The van der Waals surface area contributed by atoms with Gasteiger partial charge < -0.3 is 14.4 Å². The molecule has 0 spiro atoms. The number of rotatable bonds is 4. The molecule has 1 fully saturated rings. The molecular formula is C23H22ClN3O3S. The molecule has 160 valence electrons. The second-order valence-electron chi connectivity index (χ2n) is 7.36. The second-order valence-corrected chi connectivity index (χ2v) is 8.70. The third-order valence-electron chi connectivity index (χ3n) is 5.69. The molecule has 2 aromatic rings. The van der Waals surface area contributed by atoms with E-state index in [0.29, 0.717) is 34.6 Å². The lowest BCUT2D eigenvalue weighted by atomic mass is 9.86. The van der Waals surface area contributed by atoms with Crippen LogP contribution in [-0.2, 0) is 4.79 Å². The molecule has 0 saturated carbocycles. The van der Waals surface area contributed by atoms with Crippen LogP contribution in [0.3, 0.4) is 0 Å². The van der Waals surface area contributed by atoms with Gasteiger partial charge in [0.2, 0.25) is 5.91 Å². The van der Waals surface area contributed by atoms with Crippen molar-refractivity contribution in [3.8, 4) is 17.6 Å². The monoisotopic (exact) mass is 455 g/mol. The lowest BCUT2D eigenvalue weighted by molar-refractivity contribution is -0.129. The Morgan fingerprint density at radius 3 is 2.74 bits per heavy atom. The third-order valence-corrected chi connectivity index (χ3v) is 7.25. The zero-order valence-corrected chi connectivity index (χ0v) is 19.1. The largest absolute Gasteiger partial charge is 0.497 e. The van der Waals surface area contributed by atoms with E-state index in [2.05, 4.69) is 11.0 Å². The van der Waals surface area contributed by atoms with E-state index in [-0.39, 0.29) is 18.2 Å². The van der Waals surface area contributed by atoms with E-state index in [1.54, 1.807) is 25.2 Å². The Balaban J connectivity index is 1.70. The molecule has 2 aromatic carbocycles. The summed E-state index contributed by atoms with van der Waals surface area (Å²) >= 11 is 7.79. The van der Waals surface area contributed by atoms with E-state index >= 15 is 0 Å². The SMILES string of the molecule is COc1ccc([C@@H]2CC(=O)N3CN(c4cccc(Cl)c4C)CSC3=C2C#N)c(OC)c1. The van der Waals surface area contributed by atoms with Crippen LogP contribution in [0, 0.1) is 18.3 Å². The molecule has 4 rings (SSSR count). The van der Waals surface area contributed by atoms with Crippen LogP contribution in [0.2, 0.25) is 5.02 Å². The molecule has 31 heavy (non-hydrogen) atoms. The normalized spacial score (nSPS) is 18.5. The Morgan fingerprint density at radius 1 is 1.23 bits per heavy atom. The number of methoxy groups -OCH3 is 2. The number of nitriles is 1. The Hall–Kier alpha value is -2.82. The van der Waals surface area contributed by atoms with Crippen LogP contribution in [0.4, 0.5) is 5.69 Å². The molecule has 0 aromatic heterocycles. The highest BCUT2D eigenvalue weighted by Gasteiger charge is 2.39. The third kappa shape index (κ3) is 3.82. The Labute approximate surface area is 191 Å². The molecule has 6 nitrogen and oxygen atoms in total. The number of carbonyl (C=O) groups is 1. The van der Waals surface area contributed by atoms with Crippen molar-refractivity contribution in [3.63, 3.8) is 0 Å². The van der Waals surface area contributed by atoms with Gasteiger partial charge in [0.05, 0.1) is 43.4 Å². The smallest absolute Gasteiger partial charge is 0.229 e. The summed E-state index contributed by atoms with van der Waals surface area (Å²) in [7, 11) is 3.17. The van der Waals surface area contributed by atoms with Gasteiger partial charge in [0.25, 0.3) is 0 Å². The summed E-state index contributed by atoms with van der Waals surface area (Å²) in [5.41, 5.74) is 3.37. The molecule has 2 aliphatic rings. The molecule has 0 radical (unpaired) electrons. The highest BCUT2D eigenvalue weighted by atomic mass is 35.5. The van der Waals surface area contributed by atoms with Crippen LogP contribution in [0.5, 0.6) is 11.5 Å². The summed E-state index contributed by atoms with van der Waals surface area (Å²) in [4.78, 5) is 17.0. The molecule has 1 atom stereocenters. The van der Waals surface area contributed by atoms with Crippen molar-refractivity contribution in [3.05, 3.63) is 63.1 Å². The predicted octanol–water partition coefficient (Wildman–Crippen LogP) is 4.89. The quantitative estimate of drug-likeness (QED) is 0.654. The van der Waals surface area contributed by atoms with Gasteiger partial charge in [-0.1, -0.05) is 35.5 Å². The summed E-state index contributed by atoms with van der Waals surface area (Å²) in [6.07, 6.45) is 0.206. The number of thioether (sulfide) groups is 1. The molecule has 2 heterocycles. The fourth-order valence-corrected chi connectivity index (χ4v) is 5.35. The van der Waals surface area contributed by atoms with Crippen LogP contribution >= 0.6 is 23.4 Å². The highest BCUT2D eigenvalue weighted by Crippen LogP contribution is 2.46. The summed E-state index contributed by atoms with van der Waals surface area (Å²) in [6, 6.07) is 13.6. The standard InChI is InChI=1S/C23H22ClN3O3S/c1-14-19(24)5-4-6-20(14)26-12-27-22(28)10-17(18(11-25)23(27)31-13-26)16-8-7-15(29-2)9-21(16)30-3/h4-9,17H,10,12-13H2,1-3H3/t17-/m0/s1. The average molecular weight is 456 g/mol. The molecule has 0 aliphatic carbocycles. The van der Waals surface area contributed by atoms with Crippen molar-refractivity contribution < 1.29 is 14.3 Å². The van der Waals surface area contributed by atoms with Crippen molar-refractivity contribution in [2.75, 3.05) is 31.7 Å². The van der Waals surface area contributed by atoms with Gasteiger partial charge in [-0.15, -0.1) is 0 Å². The van der Waals surface area contributed by atoms with Crippen molar-refractivity contribution in [2.45, 2.75) is 19.3 Å². The topological polar surface area (TPSA) is 65.8 Å². The minimum absolute atomic E-state index is 0.0197. The number of benzene rings is 2. The molecular weight excluding hydrogens is 434 g/mol. The summed E-state index contributed by atoms with van der Waals surface area (Å²) in [5.74, 6) is 1.52. The van der Waals surface area contributed by atoms with Gasteiger partial charge in [-0.3, -0.25) is 9.69 Å². The van der Waals surface area contributed by atoms with E-state index in [1.165, 1.54) is 11.8 Å². The van der Waals surface area contributed by atoms with Crippen LogP contribution in [0.25, 0.3) is 0 Å². The first-order valence-corrected chi connectivity index (χ1v) is 11.1. The number of carbonyl (C=O) groups excluding carboxylic acids is 1. The molecule has 0 unspecified atom stereocenters. The zero-order valence-electron chi connectivity index (χ0n) is 17.5. The van der Waals surface area contributed by atoms with E-state index < -0.39 is 0 Å². The number of ether oxygens (including phenoxy) is 2. The summed E-state index contributed by atoms with van der Waals surface area (Å²) in [5, 5.41) is 11.4. The van der Waals surface area contributed by atoms with Crippen molar-refractivity contribution in [2.24, 2.45) is 0 Å². The first-order valence-electron chi connectivity index (χ1n) is 9.77. The van der Waals surface area contributed by atoms with Crippen LogP contribution < -0.4 is 14.4 Å². The number of hydrogen-bond acceptors (Lipinski definition) is 6. The molecule has 1 saturated heterocycles. The van der Waals surface area contributed by atoms with Gasteiger partial charge in [0.1, 0.15) is 11.5 Å². The van der Waals surface area contributed by atoms with E-state index in [9.17, 15) is 10.1 Å². The van der Waals surface area contributed by atoms with Crippen molar-refractivity contribution in [1.82, 2.24) is 4.90 Å². The Kier molecular flexibility index (Phi) is 6.03. The minimum atomic E-state index is -0.350. The number of fused-ring (bicyclic) bond motifs is 1. The van der Waals surface area contributed by atoms with Gasteiger partial charge in [0.15, 0.2) is 0 Å². The lowest BCUT2D eigenvalue weighted by Gasteiger charge is -2.42. The van der Waals surface area contributed by atoms with Gasteiger partial charge in [-0.2, -0.15) is 5.26 Å². The number of allylic oxidation sites excluding steroid dienone is 1. The van der Waals surface area contributed by atoms with Crippen LogP contribution in [0.1, 0.15) is 23.5 Å². The molecule has 0 N–H and O–H groups in total. The van der Waals surface area contributed by atoms with E-state index in [1.807, 2.05) is 37.3 Å². The fraction of sp³-hybridized carbons (Fsp3) is 0.304. The highest BCUT2D eigenvalue weighted by molar-refractivity contribution is 8.03. The number of anilines is 1. The van der Waals surface area contributed by atoms with Gasteiger partial charge in [-0.25, -0.2) is 0 Å². The van der Waals surface area contributed by atoms with E-state index in [4.69, 9.17) is 21.1 Å². The maximum atomic E-state index is 13.2. The molecule has 8 heteroatoms. The van der Waals surface area contributed by atoms with Crippen LogP contribution in [-0.4, -0.2) is 37.6 Å². The number of hydrogen-bond donors (Lipinski definition) is 0. The fourth-order valence-electron chi connectivity index (χ4n) is 4.03. The molecule has 2 aliphatic heterocycles.